The first-order chi connectivity index (χ1) is 7.53. The van der Waals surface area contributed by atoms with Gasteiger partial charge in [0.05, 0.1) is 6.10 Å². The first-order valence-electron chi connectivity index (χ1n) is 5.96. The summed E-state index contributed by atoms with van der Waals surface area (Å²) >= 11 is 0. The number of aliphatic hydroxyl groups excluding tert-OH is 1. The molecule has 0 aliphatic carbocycles. The van der Waals surface area contributed by atoms with E-state index in [9.17, 15) is 5.11 Å². The number of nitrogens with two attached hydrogens (primary N) is 1. The molecule has 2 unspecified atom stereocenters. The third-order valence-electron chi connectivity index (χ3n) is 3.57. The summed E-state index contributed by atoms with van der Waals surface area (Å²) in [6.07, 6.45) is 0.544. The Morgan fingerprint density at radius 1 is 1.25 bits per heavy atom. The summed E-state index contributed by atoms with van der Waals surface area (Å²) in [6.45, 7) is 6.75. The Morgan fingerprint density at radius 2 is 1.81 bits per heavy atom. The van der Waals surface area contributed by atoms with Gasteiger partial charge in [-0.15, -0.1) is 0 Å². The van der Waals surface area contributed by atoms with E-state index in [-0.39, 0.29) is 11.3 Å². The SMILES string of the molecule is CCC(C)(C)C(O)C(CN)c1ccccc1. The third kappa shape index (κ3) is 2.83. The zero-order chi connectivity index (χ0) is 12.2. The van der Waals surface area contributed by atoms with Gasteiger partial charge in [0.25, 0.3) is 0 Å². The number of rotatable bonds is 5. The third-order valence-corrected chi connectivity index (χ3v) is 3.57. The predicted molar refractivity (Wildman–Crippen MR) is 68.3 cm³/mol. The maximum atomic E-state index is 10.4. The van der Waals surface area contributed by atoms with E-state index in [0.717, 1.165) is 12.0 Å². The van der Waals surface area contributed by atoms with Gasteiger partial charge >= 0.3 is 0 Å². The first kappa shape index (κ1) is 13.2. The molecule has 0 amide bonds. The smallest absolute Gasteiger partial charge is 0.0671 e. The second-order valence-electron chi connectivity index (χ2n) is 5.04. The zero-order valence-corrected chi connectivity index (χ0v) is 10.5. The Balaban J connectivity index is 2.91. The van der Waals surface area contributed by atoms with E-state index in [2.05, 4.69) is 20.8 Å². The lowest BCUT2D eigenvalue weighted by Crippen LogP contribution is -2.37. The van der Waals surface area contributed by atoms with Crippen LogP contribution >= 0.6 is 0 Å². The molecule has 2 atom stereocenters. The average Bonchev–Trinajstić information content (AvgIpc) is 2.31. The summed E-state index contributed by atoms with van der Waals surface area (Å²) in [5.74, 6) is 0.0242. The van der Waals surface area contributed by atoms with Gasteiger partial charge < -0.3 is 10.8 Å². The minimum absolute atomic E-state index is 0.0242. The van der Waals surface area contributed by atoms with Gasteiger partial charge in [-0.25, -0.2) is 0 Å². The highest BCUT2D eigenvalue weighted by molar-refractivity contribution is 5.21. The van der Waals surface area contributed by atoms with Gasteiger partial charge in [0.1, 0.15) is 0 Å². The highest BCUT2D eigenvalue weighted by Gasteiger charge is 2.32. The van der Waals surface area contributed by atoms with Crippen molar-refractivity contribution in [2.45, 2.75) is 39.2 Å². The monoisotopic (exact) mass is 221 g/mol. The molecule has 0 bridgehead atoms. The van der Waals surface area contributed by atoms with Crippen LogP contribution in [-0.2, 0) is 0 Å². The molecular formula is C14H23NO. The second-order valence-corrected chi connectivity index (χ2v) is 5.04. The fraction of sp³-hybridized carbons (Fsp3) is 0.571. The minimum Gasteiger partial charge on any atom is -0.392 e. The van der Waals surface area contributed by atoms with Crippen LogP contribution in [0.25, 0.3) is 0 Å². The quantitative estimate of drug-likeness (QED) is 0.802. The van der Waals surface area contributed by atoms with Crippen LogP contribution in [0.2, 0.25) is 0 Å². The largest absolute Gasteiger partial charge is 0.392 e. The molecule has 3 N–H and O–H groups in total. The van der Waals surface area contributed by atoms with Gasteiger partial charge in [-0.1, -0.05) is 51.1 Å². The van der Waals surface area contributed by atoms with E-state index in [1.165, 1.54) is 0 Å². The van der Waals surface area contributed by atoms with Crippen LogP contribution in [0.5, 0.6) is 0 Å². The lowest BCUT2D eigenvalue weighted by atomic mass is 9.75. The molecule has 2 heteroatoms. The van der Waals surface area contributed by atoms with Gasteiger partial charge in [0, 0.05) is 12.5 Å². The van der Waals surface area contributed by atoms with Crippen LogP contribution in [0.15, 0.2) is 30.3 Å². The van der Waals surface area contributed by atoms with Crippen LogP contribution in [0.3, 0.4) is 0 Å². The Morgan fingerprint density at radius 3 is 2.25 bits per heavy atom. The van der Waals surface area contributed by atoms with Crippen LogP contribution in [-0.4, -0.2) is 17.8 Å². The molecule has 0 saturated heterocycles. The molecule has 1 rings (SSSR count). The summed E-state index contributed by atoms with van der Waals surface area (Å²) in [7, 11) is 0. The molecular weight excluding hydrogens is 198 g/mol. The predicted octanol–water partition coefficient (Wildman–Crippen LogP) is 2.53. The summed E-state index contributed by atoms with van der Waals surface area (Å²) in [4.78, 5) is 0. The molecule has 2 nitrogen and oxygen atoms in total. The topological polar surface area (TPSA) is 46.2 Å². The average molecular weight is 221 g/mol. The lowest BCUT2D eigenvalue weighted by Gasteiger charge is -2.35. The molecule has 0 aliphatic heterocycles. The van der Waals surface area contributed by atoms with Gasteiger partial charge in [0.2, 0.25) is 0 Å². The summed E-state index contributed by atoms with van der Waals surface area (Å²) < 4.78 is 0. The molecule has 0 aromatic heterocycles. The number of hydrogen-bond acceptors (Lipinski definition) is 2. The van der Waals surface area contributed by atoms with Crippen LogP contribution in [0, 0.1) is 5.41 Å². The fourth-order valence-corrected chi connectivity index (χ4v) is 1.90. The first-order valence-corrected chi connectivity index (χ1v) is 5.96. The van der Waals surface area contributed by atoms with Crippen LogP contribution < -0.4 is 5.73 Å². The maximum absolute atomic E-state index is 10.4. The highest BCUT2D eigenvalue weighted by Crippen LogP contribution is 2.33. The van der Waals surface area contributed by atoms with Gasteiger partial charge in [0.15, 0.2) is 0 Å². The summed E-state index contributed by atoms with van der Waals surface area (Å²) in [5.41, 5.74) is 6.82. The van der Waals surface area contributed by atoms with Gasteiger partial charge in [-0.3, -0.25) is 0 Å². The fourth-order valence-electron chi connectivity index (χ4n) is 1.90. The molecule has 0 heterocycles. The van der Waals surface area contributed by atoms with Crippen molar-refractivity contribution in [2.75, 3.05) is 6.54 Å². The molecule has 1 aromatic rings. The van der Waals surface area contributed by atoms with Crippen molar-refractivity contribution < 1.29 is 5.11 Å². The van der Waals surface area contributed by atoms with Crippen molar-refractivity contribution in [1.29, 1.82) is 0 Å². The zero-order valence-electron chi connectivity index (χ0n) is 10.5. The van der Waals surface area contributed by atoms with Gasteiger partial charge in [-0.05, 0) is 17.4 Å². The highest BCUT2D eigenvalue weighted by atomic mass is 16.3. The summed E-state index contributed by atoms with van der Waals surface area (Å²) in [5, 5.41) is 10.4. The van der Waals surface area contributed by atoms with Crippen molar-refractivity contribution >= 4 is 0 Å². The van der Waals surface area contributed by atoms with E-state index < -0.39 is 6.10 Å². The molecule has 0 spiro atoms. The maximum Gasteiger partial charge on any atom is 0.0671 e. The van der Waals surface area contributed by atoms with Crippen molar-refractivity contribution in [2.24, 2.45) is 11.1 Å². The molecule has 16 heavy (non-hydrogen) atoms. The second kappa shape index (κ2) is 5.46. The van der Waals surface area contributed by atoms with Crippen LogP contribution in [0.1, 0.15) is 38.7 Å². The molecule has 0 saturated carbocycles. The Kier molecular flexibility index (Phi) is 4.51. The van der Waals surface area contributed by atoms with E-state index >= 15 is 0 Å². The molecule has 0 fully saturated rings. The molecule has 1 aromatic carbocycles. The lowest BCUT2D eigenvalue weighted by molar-refractivity contribution is 0.0264. The van der Waals surface area contributed by atoms with Gasteiger partial charge in [-0.2, -0.15) is 0 Å². The normalized spacial score (nSPS) is 15.8. The molecule has 0 aliphatic rings. The Labute approximate surface area is 98.5 Å². The van der Waals surface area contributed by atoms with Crippen LogP contribution in [0.4, 0.5) is 0 Å². The molecule has 90 valence electrons. The van der Waals surface area contributed by atoms with E-state index in [1.807, 2.05) is 30.3 Å². The van der Waals surface area contributed by atoms with Crippen molar-refractivity contribution in [3.8, 4) is 0 Å². The van der Waals surface area contributed by atoms with E-state index in [0.29, 0.717) is 6.54 Å². The number of hydrogen-bond donors (Lipinski definition) is 2. The standard InChI is InChI=1S/C14H23NO/c1-4-14(2,3)13(16)12(10-15)11-8-6-5-7-9-11/h5-9,12-13,16H,4,10,15H2,1-3H3. The van der Waals surface area contributed by atoms with E-state index in [1.54, 1.807) is 0 Å². The van der Waals surface area contributed by atoms with Crippen molar-refractivity contribution in [3.05, 3.63) is 35.9 Å². The Bertz CT molecular complexity index is 308. The van der Waals surface area contributed by atoms with Crippen molar-refractivity contribution in [3.63, 3.8) is 0 Å². The van der Waals surface area contributed by atoms with Crippen molar-refractivity contribution in [1.82, 2.24) is 0 Å². The summed E-state index contributed by atoms with van der Waals surface area (Å²) in [6, 6.07) is 10.0. The number of benzene rings is 1. The minimum atomic E-state index is -0.398. The Hall–Kier alpha value is -0.860. The van der Waals surface area contributed by atoms with E-state index in [4.69, 9.17) is 5.73 Å². The number of aliphatic hydroxyl groups is 1. The molecule has 0 radical (unpaired) electrons.